The summed E-state index contributed by atoms with van der Waals surface area (Å²) in [6.45, 7) is 3.18. The van der Waals surface area contributed by atoms with Crippen molar-refractivity contribution >= 4 is 16.0 Å². The monoisotopic (exact) mass is 405 g/mol. The predicted molar refractivity (Wildman–Crippen MR) is 109 cm³/mol. The quantitative estimate of drug-likeness (QED) is 0.568. The van der Waals surface area contributed by atoms with Crippen LogP contribution in [0.1, 0.15) is 30.4 Å². The molecule has 2 aromatic rings. The highest BCUT2D eigenvalue weighted by atomic mass is 32.2. The second-order valence-electron chi connectivity index (χ2n) is 6.56. The van der Waals surface area contributed by atoms with Crippen LogP contribution in [0.5, 0.6) is 5.75 Å². The molecule has 0 bridgehead atoms. The maximum Gasteiger partial charge on any atom is 0.306 e. The van der Waals surface area contributed by atoms with Crippen LogP contribution in [-0.4, -0.2) is 45.7 Å². The van der Waals surface area contributed by atoms with Gasteiger partial charge in [-0.25, -0.2) is 0 Å². The lowest BCUT2D eigenvalue weighted by Gasteiger charge is -2.27. The summed E-state index contributed by atoms with van der Waals surface area (Å²) in [4.78, 5) is 15.0. The standard InChI is InChI=1S/C21H27NO5S/c1-4-20(18-10-6-5-7-11-18)21(23)22(13-14-26-2)16-17-9-8-12-19(15-17)27-28(3,24)25/h5-12,15,20H,4,13-14,16H2,1-3H3. The number of hydrogen-bond acceptors (Lipinski definition) is 5. The van der Waals surface area contributed by atoms with E-state index in [4.69, 9.17) is 8.92 Å². The molecule has 1 unspecified atom stereocenters. The van der Waals surface area contributed by atoms with Gasteiger partial charge < -0.3 is 13.8 Å². The third-order valence-electron chi connectivity index (χ3n) is 4.30. The molecule has 6 nitrogen and oxygen atoms in total. The Hall–Kier alpha value is -2.38. The van der Waals surface area contributed by atoms with Crippen molar-refractivity contribution in [2.24, 2.45) is 0 Å². The smallest absolute Gasteiger partial charge is 0.306 e. The van der Waals surface area contributed by atoms with Gasteiger partial charge in [0, 0.05) is 20.2 Å². The highest BCUT2D eigenvalue weighted by Crippen LogP contribution is 2.24. The average Bonchev–Trinajstić information content (AvgIpc) is 2.65. The van der Waals surface area contributed by atoms with E-state index in [0.29, 0.717) is 26.1 Å². The fourth-order valence-electron chi connectivity index (χ4n) is 3.02. The van der Waals surface area contributed by atoms with Gasteiger partial charge in [0.2, 0.25) is 5.91 Å². The number of ether oxygens (including phenoxy) is 1. The van der Waals surface area contributed by atoms with Gasteiger partial charge in [-0.1, -0.05) is 49.4 Å². The number of hydrogen-bond donors (Lipinski definition) is 0. The molecule has 1 atom stereocenters. The SMILES string of the molecule is CCC(C(=O)N(CCOC)Cc1cccc(OS(C)(=O)=O)c1)c1ccccc1. The van der Waals surface area contributed by atoms with Crippen molar-refractivity contribution in [3.8, 4) is 5.75 Å². The molecular formula is C21H27NO5S. The molecule has 0 aliphatic rings. The first kappa shape index (κ1) is 21.9. The highest BCUT2D eigenvalue weighted by molar-refractivity contribution is 7.86. The Balaban J connectivity index is 2.23. The molecule has 152 valence electrons. The van der Waals surface area contributed by atoms with Gasteiger partial charge in [-0.2, -0.15) is 8.42 Å². The predicted octanol–water partition coefficient (Wildman–Crippen LogP) is 3.19. The van der Waals surface area contributed by atoms with E-state index in [9.17, 15) is 13.2 Å². The molecule has 0 aliphatic heterocycles. The van der Waals surface area contributed by atoms with E-state index < -0.39 is 10.1 Å². The summed E-state index contributed by atoms with van der Waals surface area (Å²) in [6.07, 6.45) is 1.68. The zero-order valence-corrected chi connectivity index (χ0v) is 17.3. The normalized spacial score (nSPS) is 12.4. The first-order valence-corrected chi connectivity index (χ1v) is 11.0. The van der Waals surface area contributed by atoms with Gasteiger partial charge in [0.1, 0.15) is 5.75 Å². The average molecular weight is 406 g/mol. The van der Waals surface area contributed by atoms with Crippen LogP contribution in [-0.2, 0) is 26.2 Å². The molecule has 2 aromatic carbocycles. The number of carbonyl (C=O) groups is 1. The fourth-order valence-corrected chi connectivity index (χ4v) is 3.47. The molecule has 0 aromatic heterocycles. The minimum absolute atomic E-state index is 0.0141. The zero-order valence-electron chi connectivity index (χ0n) is 16.5. The molecule has 0 heterocycles. The molecule has 0 radical (unpaired) electrons. The molecule has 0 spiro atoms. The summed E-state index contributed by atoms with van der Waals surface area (Å²) in [5.41, 5.74) is 1.76. The van der Waals surface area contributed by atoms with E-state index in [1.165, 1.54) is 0 Å². The second-order valence-corrected chi connectivity index (χ2v) is 8.13. The summed E-state index contributed by atoms with van der Waals surface area (Å²) in [6, 6.07) is 16.5. The number of carbonyl (C=O) groups excluding carboxylic acids is 1. The summed E-state index contributed by atoms with van der Waals surface area (Å²) in [7, 11) is -2.01. The zero-order chi connectivity index (χ0) is 20.6. The highest BCUT2D eigenvalue weighted by Gasteiger charge is 2.24. The third kappa shape index (κ3) is 6.65. The Morgan fingerprint density at radius 2 is 1.82 bits per heavy atom. The molecule has 1 amide bonds. The van der Waals surface area contributed by atoms with Gasteiger partial charge in [-0.15, -0.1) is 0 Å². The van der Waals surface area contributed by atoms with Crippen molar-refractivity contribution in [3.05, 3.63) is 65.7 Å². The fraction of sp³-hybridized carbons (Fsp3) is 0.381. The van der Waals surface area contributed by atoms with Crippen molar-refractivity contribution in [3.63, 3.8) is 0 Å². The van der Waals surface area contributed by atoms with E-state index in [-0.39, 0.29) is 17.6 Å². The molecular weight excluding hydrogens is 378 g/mol. The molecule has 2 rings (SSSR count). The molecule has 0 saturated carbocycles. The topological polar surface area (TPSA) is 72.9 Å². The van der Waals surface area contributed by atoms with Crippen LogP contribution in [0.4, 0.5) is 0 Å². The van der Waals surface area contributed by atoms with E-state index in [2.05, 4.69) is 0 Å². The van der Waals surface area contributed by atoms with E-state index >= 15 is 0 Å². The van der Waals surface area contributed by atoms with Gasteiger partial charge in [0.15, 0.2) is 0 Å². The van der Waals surface area contributed by atoms with E-state index in [0.717, 1.165) is 17.4 Å². The number of benzene rings is 2. The van der Waals surface area contributed by atoms with Crippen molar-refractivity contribution < 1.29 is 22.1 Å². The van der Waals surface area contributed by atoms with Gasteiger partial charge >= 0.3 is 10.1 Å². The number of rotatable bonds is 10. The summed E-state index contributed by atoms with van der Waals surface area (Å²) in [5.74, 6) is 0.00272. The van der Waals surface area contributed by atoms with E-state index in [1.807, 2.05) is 43.3 Å². The summed E-state index contributed by atoms with van der Waals surface area (Å²) in [5, 5.41) is 0. The summed E-state index contributed by atoms with van der Waals surface area (Å²) >= 11 is 0. The van der Waals surface area contributed by atoms with Gasteiger partial charge in [0.25, 0.3) is 0 Å². The molecule has 0 N–H and O–H groups in total. The van der Waals surface area contributed by atoms with Crippen LogP contribution in [0.2, 0.25) is 0 Å². The number of amides is 1. The number of nitrogens with zero attached hydrogens (tertiary/aromatic N) is 1. The third-order valence-corrected chi connectivity index (χ3v) is 4.80. The van der Waals surface area contributed by atoms with Crippen molar-refractivity contribution in [1.29, 1.82) is 0 Å². The molecule has 7 heteroatoms. The van der Waals surface area contributed by atoms with Crippen LogP contribution < -0.4 is 4.18 Å². The largest absolute Gasteiger partial charge is 0.383 e. The van der Waals surface area contributed by atoms with E-state index in [1.54, 1.807) is 30.2 Å². The minimum atomic E-state index is -3.61. The Morgan fingerprint density at radius 3 is 2.43 bits per heavy atom. The van der Waals surface area contributed by atoms with Crippen molar-refractivity contribution in [2.75, 3.05) is 26.5 Å². The lowest BCUT2D eigenvalue weighted by atomic mass is 9.95. The lowest BCUT2D eigenvalue weighted by Crippen LogP contribution is -2.37. The van der Waals surface area contributed by atoms with Gasteiger partial charge in [-0.05, 0) is 29.7 Å². The molecule has 0 saturated heterocycles. The Kier molecular flexibility index (Phi) is 8.02. The minimum Gasteiger partial charge on any atom is -0.383 e. The first-order valence-electron chi connectivity index (χ1n) is 9.15. The molecule has 28 heavy (non-hydrogen) atoms. The van der Waals surface area contributed by atoms with Gasteiger partial charge in [-0.3, -0.25) is 4.79 Å². The second kappa shape index (κ2) is 10.2. The lowest BCUT2D eigenvalue weighted by molar-refractivity contribution is -0.134. The van der Waals surface area contributed by atoms with Crippen molar-refractivity contribution in [2.45, 2.75) is 25.8 Å². The Bertz CT molecular complexity index is 867. The van der Waals surface area contributed by atoms with Crippen LogP contribution in [0.25, 0.3) is 0 Å². The van der Waals surface area contributed by atoms with Crippen LogP contribution in [0, 0.1) is 0 Å². The van der Waals surface area contributed by atoms with Crippen LogP contribution in [0.15, 0.2) is 54.6 Å². The molecule has 0 aliphatic carbocycles. The van der Waals surface area contributed by atoms with Gasteiger partial charge in [0.05, 0.1) is 18.8 Å². The maximum atomic E-state index is 13.2. The first-order chi connectivity index (χ1) is 13.3. The van der Waals surface area contributed by atoms with Crippen LogP contribution in [0.3, 0.4) is 0 Å². The number of methoxy groups -OCH3 is 1. The maximum absolute atomic E-state index is 13.2. The molecule has 0 fully saturated rings. The van der Waals surface area contributed by atoms with Crippen molar-refractivity contribution in [1.82, 2.24) is 4.90 Å². The van der Waals surface area contributed by atoms with Crippen LogP contribution >= 0.6 is 0 Å². The Labute approximate surface area is 167 Å². The summed E-state index contributed by atoms with van der Waals surface area (Å²) < 4.78 is 32.8. The Morgan fingerprint density at radius 1 is 1.11 bits per heavy atom.